The molecular formula is C17H14F2N2O3. The van der Waals surface area contributed by atoms with Crippen LogP contribution in [0.3, 0.4) is 0 Å². The van der Waals surface area contributed by atoms with E-state index in [1.165, 1.54) is 0 Å². The van der Waals surface area contributed by atoms with Crippen LogP contribution in [0, 0.1) is 11.6 Å². The second-order valence-corrected chi connectivity index (χ2v) is 5.33. The van der Waals surface area contributed by atoms with Gasteiger partial charge in [0.2, 0.25) is 5.91 Å². The van der Waals surface area contributed by atoms with Gasteiger partial charge in [0.05, 0.1) is 5.69 Å². The minimum atomic E-state index is -0.854. The molecule has 0 saturated carbocycles. The van der Waals surface area contributed by atoms with Crippen molar-refractivity contribution in [1.82, 2.24) is 0 Å². The second kappa shape index (κ2) is 6.66. The van der Waals surface area contributed by atoms with Gasteiger partial charge in [-0.05, 0) is 42.3 Å². The summed E-state index contributed by atoms with van der Waals surface area (Å²) >= 11 is 0. The predicted molar refractivity (Wildman–Crippen MR) is 83.9 cm³/mol. The quantitative estimate of drug-likeness (QED) is 0.905. The molecule has 0 spiro atoms. The van der Waals surface area contributed by atoms with Crippen LogP contribution in [0.4, 0.5) is 20.2 Å². The summed E-state index contributed by atoms with van der Waals surface area (Å²) in [6.07, 6.45) is 1.01. The summed E-state index contributed by atoms with van der Waals surface area (Å²) in [5.41, 5.74) is 1.55. The number of nitrogens with one attached hydrogen (secondary N) is 2. The SMILES string of the molecule is O=C(COc1ccc2c(c1)CCC(=O)N2)Nc1ccc(F)cc1F. The van der Waals surface area contributed by atoms with Gasteiger partial charge in [0, 0.05) is 18.2 Å². The largest absolute Gasteiger partial charge is 0.484 e. The number of halogens is 2. The molecule has 24 heavy (non-hydrogen) atoms. The van der Waals surface area contributed by atoms with E-state index in [4.69, 9.17) is 4.74 Å². The molecule has 0 fully saturated rings. The van der Waals surface area contributed by atoms with E-state index in [0.29, 0.717) is 24.7 Å². The molecule has 0 unspecified atom stereocenters. The Morgan fingerprint density at radius 2 is 2.00 bits per heavy atom. The number of amides is 2. The topological polar surface area (TPSA) is 67.4 Å². The zero-order valence-corrected chi connectivity index (χ0v) is 12.6. The first-order chi connectivity index (χ1) is 11.5. The number of fused-ring (bicyclic) bond motifs is 1. The number of rotatable bonds is 4. The van der Waals surface area contributed by atoms with E-state index < -0.39 is 17.5 Å². The Morgan fingerprint density at radius 3 is 2.79 bits per heavy atom. The van der Waals surface area contributed by atoms with Crippen LogP contribution in [0.2, 0.25) is 0 Å². The minimum absolute atomic E-state index is 0.0307. The molecule has 2 aromatic rings. The van der Waals surface area contributed by atoms with Crippen molar-refractivity contribution in [2.45, 2.75) is 12.8 Å². The summed E-state index contributed by atoms with van der Waals surface area (Å²) in [4.78, 5) is 23.1. The smallest absolute Gasteiger partial charge is 0.262 e. The first-order valence-electron chi connectivity index (χ1n) is 7.32. The molecule has 1 heterocycles. The zero-order chi connectivity index (χ0) is 17.1. The lowest BCUT2D eigenvalue weighted by molar-refractivity contribution is -0.118. The Bertz CT molecular complexity index is 808. The Hall–Kier alpha value is -2.96. The molecule has 0 aliphatic carbocycles. The third-order valence-electron chi connectivity index (χ3n) is 3.55. The van der Waals surface area contributed by atoms with E-state index in [2.05, 4.69) is 10.6 Å². The molecule has 0 radical (unpaired) electrons. The molecule has 7 heteroatoms. The van der Waals surface area contributed by atoms with E-state index in [9.17, 15) is 18.4 Å². The first-order valence-corrected chi connectivity index (χ1v) is 7.32. The molecule has 3 rings (SSSR count). The summed E-state index contributed by atoms with van der Waals surface area (Å²) in [6, 6.07) is 7.98. The van der Waals surface area contributed by atoms with Crippen LogP contribution in [0.1, 0.15) is 12.0 Å². The molecular weight excluding hydrogens is 318 g/mol. The van der Waals surface area contributed by atoms with Crippen molar-refractivity contribution in [2.75, 3.05) is 17.2 Å². The molecule has 2 amide bonds. The zero-order valence-electron chi connectivity index (χ0n) is 12.6. The lowest BCUT2D eigenvalue weighted by Gasteiger charge is -2.17. The number of benzene rings is 2. The lowest BCUT2D eigenvalue weighted by atomic mass is 10.0. The monoisotopic (exact) mass is 332 g/mol. The Labute approximate surface area is 136 Å². The number of hydrogen-bond acceptors (Lipinski definition) is 3. The minimum Gasteiger partial charge on any atom is -0.484 e. The molecule has 0 saturated heterocycles. The van der Waals surface area contributed by atoms with Crippen LogP contribution in [-0.2, 0) is 16.0 Å². The summed E-state index contributed by atoms with van der Waals surface area (Å²) in [5, 5.41) is 5.06. The van der Waals surface area contributed by atoms with Gasteiger partial charge in [-0.1, -0.05) is 0 Å². The average molecular weight is 332 g/mol. The van der Waals surface area contributed by atoms with Crippen molar-refractivity contribution < 1.29 is 23.1 Å². The van der Waals surface area contributed by atoms with Gasteiger partial charge in [0.1, 0.15) is 17.4 Å². The molecule has 1 aliphatic rings. The Morgan fingerprint density at radius 1 is 1.17 bits per heavy atom. The number of aryl methyl sites for hydroxylation is 1. The van der Waals surface area contributed by atoms with Crippen molar-refractivity contribution in [1.29, 1.82) is 0 Å². The summed E-state index contributed by atoms with van der Waals surface area (Å²) in [6.45, 7) is -0.317. The van der Waals surface area contributed by atoms with E-state index in [1.807, 2.05) is 0 Å². The van der Waals surface area contributed by atoms with E-state index in [0.717, 1.165) is 23.4 Å². The van der Waals surface area contributed by atoms with Gasteiger partial charge in [-0.25, -0.2) is 8.78 Å². The van der Waals surface area contributed by atoms with Crippen LogP contribution in [-0.4, -0.2) is 18.4 Å². The predicted octanol–water partition coefficient (Wildman–Crippen LogP) is 2.87. The van der Waals surface area contributed by atoms with Crippen molar-refractivity contribution in [3.63, 3.8) is 0 Å². The summed E-state index contributed by atoms with van der Waals surface area (Å²) < 4.78 is 31.7. The fourth-order valence-electron chi connectivity index (χ4n) is 2.38. The fourth-order valence-corrected chi connectivity index (χ4v) is 2.38. The van der Waals surface area contributed by atoms with Gasteiger partial charge in [0.15, 0.2) is 6.61 Å². The standard InChI is InChI=1S/C17H14F2N2O3/c18-11-2-4-15(13(19)8-11)21-17(23)9-24-12-3-5-14-10(7-12)1-6-16(22)20-14/h2-5,7-8H,1,6,9H2,(H,20,22)(H,21,23). The maximum atomic E-state index is 13.5. The van der Waals surface area contributed by atoms with Crippen molar-refractivity contribution >= 4 is 23.2 Å². The van der Waals surface area contributed by atoms with Crippen LogP contribution in [0.25, 0.3) is 0 Å². The van der Waals surface area contributed by atoms with E-state index >= 15 is 0 Å². The van der Waals surface area contributed by atoms with E-state index in [-0.39, 0.29) is 18.2 Å². The molecule has 5 nitrogen and oxygen atoms in total. The first kappa shape index (κ1) is 15.9. The molecule has 124 valence electrons. The highest BCUT2D eigenvalue weighted by Crippen LogP contribution is 2.26. The van der Waals surface area contributed by atoms with Crippen LogP contribution < -0.4 is 15.4 Å². The highest BCUT2D eigenvalue weighted by Gasteiger charge is 2.15. The van der Waals surface area contributed by atoms with Gasteiger partial charge in [-0.15, -0.1) is 0 Å². The Kier molecular flexibility index (Phi) is 4.41. The Balaban J connectivity index is 1.59. The van der Waals surface area contributed by atoms with Crippen LogP contribution in [0.15, 0.2) is 36.4 Å². The number of anilines is 2. The second-order valence-electron chi connectivity index (χ2n) is 5.33. The number of ether oxygens (including phenoxy) is 1. The maximum Gasteiger partial charge on any atom is 0.262 e. The summed E-state index contributed by atoms with van der Waals surface area (Å²) in [7, 11) is 0. The van der Waals surface area contributed by atoms with Gasteiger partial charge in [0.25, 0.3) is 5.91 Å². The molecule has 2 aromatic carbocycles. The number of carbonyl (C=O) groups is 2. The molecule has 1 aliphatic heterocycles. The molecule has 0 aromatic heterocycles. The van der Waals surface area contributed by atoms with Crippen LogP contribution in [0.5, 0.6) is 5.75 Å². The molecule has 0 bridgehead atoms. The van der Waals surface area contributed by atoms with Crippen molar-refractivity contribution in [3.8, 4) is 5.75 Å². The number of hydrogen-bond donors (Lipinski definition) is 2. The number of carbonyl (C=O) groups excluding carboxylic acids is 2. The normalized spacial score (nSPS) is 13.0. The molecule has 0 atom stereocenters. The highest BCUT2D eigenvalue weighted by molar-refractivity contribution is 5.94. The molecule has 2 N–H and O–H groups in total. The van der Waals surface area contributed by atoms with Gasteiger partial charge < -0.3 is 15.4 Å². The van der Waals surface area contributed by atoms with Crippen LogP contribution >= 0.6 is 0 Å². The third kappa shape index (κ3) is 3.68. The van der Waals surface area contributed by atoms with E-state index in [1.54, 1.807) is 18.2 Å². The van der Waals surface area contributed by atoms with Crippen molar-refractivity contribution in [2.24, 2.45) is 0 Å². The third-order valence-corrected chi connectivity index (χ3v) is 3.55. The van der Waals surface area contributed by atoms with Gasteiger partial charge >= 0.3 is 0 Å². The average Bonchev–Trinajstić information content (AvgIpc) is 2.55. The fraction of sp³-hybridized carbons (Fsp3) is 0.176. The van der Waals surface area contributed by atoms with Gasteiger partial charge in [-0.2, -0.15) is 0 Å². The maximum absolute atomic E-state index is 13.5. The highest BCUT2D eigenvalue weighted by atomic mass is 19.1. The van der Waals surface area contributed by atoms with Gasteiger partial charge in [-0.3, -0.25) is 9.59 Å². The lowest BCUT2D eigenvalue weighted by Crippen LogP contribution is -2.21. The summed E-state index contributed by atoms with van der Waals surface area (Å²) in [5.74, 6) is -1.70. The van der Waals surface area contributed by atoms with Crippen molar-refractivity contribution in [3.05, 3.63) is 53.6 Å².